The van der Waals surface area contributed by atoms with Gasteiger partial charge < -0.3 is 4.74 Å². The van der Waals surface area contributed by atoms with E-state index in [0.29, 0.717) is 0 Å². The molecule has 0 heterocycles. The molecule has 0 aromatic carbocycles. The summed E-state index contributed by atoms with van der Waals surface area (Å²) in [4.78, 5) is 9.94. The second-order valence-corrected chi connectivity index (χ2v) is 2.94. The first-order valence-corrected chi connectivity index (χ1v) is 3.73. The van der Waals surface area contributed by atoms with Gasteiger partial charge in [-0.2, -0.15) is 8.42 Å². The normalized spacial score (nSPS) is 8.60. The van der Waals surface area contributed by atoms with Crippen molar-refractivity contribution in [3.63, 3.8) is 0 Å². The summed E-state index contributed by atoms with van der Waals surface area (Å²) in [5.74, 6) is 0. The van der Waals surface area contributed by atoms with Crippen molar-refractivity contribution < 1.29 is 17.9 Å². The Morgan fingerprint density at radius 2 is 2.10 bits per heavy atom. The molecular weight excluding hydrogens is 180 g/mol. The van der Waals surface area contributed by atoms with Gasteiger partial charge in [0.15, 0.2) is 0 Å². The largest absolute Gasteiger partial charge is 0.448 e. The summed E-state index contributed by atoms with van der Waals surface area (Å²) in [6.07, 6.45) is 0. The van der Waals surface area contributed by atoms with Gasteiger partial charge in [-0.15, -0.1) is 0 Å². The molecule has 0 aromatic heterocycles. The van der Waals surface area contributed by atoms with E-state index >= 15 is 0 Å². The van der Waals surface area contributed by atoms with Crippen molar-refractivity contribution in [3.05, 3.63) is 0 Å². The average Bonchev–Trinajstić information content (AvgIpc) is 1.82. The second-order valence-electron chi connectivity index (χ2n) is 1.46. The summed E-state index contributed by atoms with van der Waals surface area (Å²) in [5.41, 5.74) is -1.01. The van der Waals surface area contributed by atoms with Gasteiger partial charge >= 0.3 is 5.43 Å². The molecule has 0 spiro atoms. The molecule has 0 aliphatic rings. The molecule has 0 unspecified atom stereocenters. The Morgan fingerprint density at radius 3 is 2.40 bits per heavy atom. The van der Waals surface area contributed by atoms with Gasteiger partial charge in [0, 0.05) is 11.6 Å². The molecule has 0 N–H and O–H groups in total. The van der Waals surface area contributed by atoms with Crippen LogP contribution in [0.2, 0.25) is 0 Å². The van der Waals surface area contributed by atoms with Crippen molar-refractivity contribution in [2.45, 2.75) is 6.92 Å². The average molecular weight is 185 g/mol. The molecule has 10 heavy (non-hydrogen) atoms. The van der Waals surface area contributed by atoms with Crippen LogP contribution in [0.3, 0.4) is 0 Å². The van der Waals surface area contributed by atoms with E-state index in [-0.39, 0.29) is 11.5 Å². The Bertz CT molecular complexity index is 244. The maximum atomic E-state index is 10.0. The van der Waals surface area contributed by atoms with Crippen molar-refractivity contribution in [1.29, 1.82) is 0 Å². The molecule has 6 heteroatoms. The fourth-order valence-corrected chi connectivity index (χ4v) is 0.416. The maximum absolute atomic E-state index is 10.0. The summed E-state index contributed by atoms with van der Waals surface area (Å²) in [7, 11) is -2.30. The van der Waals surface area contributed by atoms with Gasteiger partial charge in [0.1, 0.15) is 6.61 Å². The maximum Gasteiger partial charge on any atom is 0.404 e. The number of carbonyl (C=O) groups is 1. The lowest BCUT2D eigenvalue weighted by molar-refractivity contribution is 0.190. The molecule has 4 nitrogen and oxygen atoms in total. The lowest BCUT2D eigenvalue weighted by Crippen LogP contribution is -2.06. The van der Waals surface area contributed by atoms with Crippen LogP contribution in [0.1, 0.15) is 6.92 Å². The van der Waals surface area contributed by atoms with E-state index in [2.05, 4.69) is 4.74 Å². The van der Waals surface area contributed by atoms with Gasteiger partial charge in [0.2, 0.25) is 10.3 Å². The first kappa shape index (κ1) is 9.45. The third-order valence-electron chi connectivity index (χ3n) is 0.673. The molecule has 0 atom stereocenters. The monoisotopic (exact) mass is 184 g/mol. The van der Waals surface area contributed by atoms with E-state index < -0.39 is 15.7 Å². The van der Waals surface area contributed by atoms with Gasteiger partial charge in [-0.3, -0.25) is 0 Å². The van der Waals surface area contributed by atoms with E-state index in [1.165, 1.54) is 6.92 Å². The van der Waals surface area contributed by atoms with E-state index in [1.807, 2.05) is 0 Å². The number of carbonyl (C=O) groups excluding carboxylic acids is 1. The molecule has 0 fully saturated rings. The van der Waals surface area contributed by atoms with Crippen LogP contribution in [-0.4, -0.2) is 25.3 Å². The molecule has 0 aromatic rings. The van der Waals surface area contributed by atoms with Crippen LogP contribution >= 0.6 is 11.6 Å². The van der Waals surface area contributed by atoms with Crippen LogP contribution in [0.4, 0.5) is 4.79 Å². The Labute approximate surface area is 64.3 Å². The van der Waals surface area contributed by atoms with Gasteiger partial charge in [-0.25, -0.2) is 4.79 Å². The van der Waals surface area contributed by atoms with Gasteiger partial charge in [-0.1, -0.05) is 0 Å². The summed E-state index contributed by atoms with van der Waals surface area (Å²) in [6, 6.07) is 0. The van der Waals surface area contributed by atoms with Crippen LogP contribution in [0, 0.1) is 0 Å². The topological polar surface area (TPSA) is 60.4 Å². The summed E-state index contributed by atoms with van der Waals surface area (Å²) in [5, 5.41) is 0. The molecule has 0 amide bonds. The summed E-state index contributed by atoms with van der Waals surface area (Å²) in [6.45, 7) is 1.04. The predicted octanol–water partition coefficient (Wildman–Crippen LogP) is 0.433. The van der Waals surface area contributed by atoms with Gasteiger partial charge in [0.05, 0.1) is 4.86 Å². The van der Waals surface area contributed by atoms with Crippen LogP contribution in [-0.2, 0) is 15.0 Å². The fourth-order valence-electron chi connectivity index (χ4n) is 0.206. The lowest BCUT2D eigenvalue weighted by Gasteiger charge is -1.93. The summed E-state index contributed by atoms with van der Waals surface area (Å²) < 4.78 is 24.2. The Kier molecular flexibility index (Phi) is 4.06. The quantitative estimate of drug-likeness (QED) is 0.461. The third-order valence-corrected chi connectivity index (χ3v) is 1.47. The Morgan fingerprint density at radius 1 is 1.60 bits per heavy atom. The molecule has 58 valence electrons. The third kappa shape index (κ3) is 4.34. The standard InChI is InChI=1S/C4H5ClO4S/c1-3(10(7)8)2-9-4(5)6/h2H2,1H3. The molecule has 0 rings (SSSR count). The first-order valence-electron chi connectivity index (χ1n) is 2.28. The van der Waals surface area contributed by atoms with E-state index in [4.69, 9.17) is 11.6 Å². The minimum absolute atomic E-state index is 0.0361. The summed E-state index contributed by atoms with van der Waals surface area (Å²) >= 11 is 4.75. The molecule has 0 aliphatic carbocycles. The van der Waals surface area contributed by atoms with Gasteiger partial charge in [0.25, 0.3) is 0 Å². The van der Waals surface area contributed by atoms with Crippen molar-refractivity contribution >= 4 is 32.2 Å². The molecule has 0 aliphatic heterocycles. The molecular formula is C4H5ClO4S. The van der Waals surface area contributed by atoms with Crippen molar-refractivity contribution in [2.24, 2.45) is 0 Å². The van der Waals surface area contributed by atoms with Crippen molar-refractivity contribution in [1.82, 2.24) is 0 Å². The highest BCUT2D eigenvalue weighted by Crippen LogP contribution is 1.86. The lowest BCUT2D eigenvalue weighted by atomic mass is 10.5. The van der Waals surface area contributed by atoms with Crippen LogP contribution in [0.25, 0.3) is 0 Å². The Hall–Kier alpha value is -0.550. The Balaban J connectivity index is 3.96. The second kappa shape index (κ2) is 4.29. The number of ether oxygens (including phenoxy) is 1. The molecule has 0 saturated carbocycles. The highest BCUT2D eigenvalue weighted by atomic mass is 35.5. The highest BCUT2D eigenvalue weighted by Gasteiger charge is 1.97. The minimum atomic E-state index is -2.30. The van der Waals surface area contributed by atoms with Crippen molar-refractivity contribution in [2.75, 3.05) is 6.61 Å². The number of hydrogen-bond acceptors (Lipinski definition) is 4. The number of hydrogen-bond donors (Lipinski definition) is 0. The van der Waals surface area contributed by atoms with E-state index in [0.717, 1.165) is 0 Å². The molecule has 0 radical (unpaired) electrons. The number of halogens is 1. The van der Waals surface area contributed by atoms with E-state index in [9.17, 15) is 13.2 Å². The van der Waals surface area contributed by atoms with Crippen LogP contribution in [0.5, 0.6) is 0 Å². The first-order chi connectivity index (χ1) is 4.54. The zero-order chi connectivity index (χ0) is 8.15. The van der Waals surface area contributed by atoms with E-state index in [1.54, 1.807) is 0 Å². The van der Waals surface area contributed by atoms with Gasteiger partial charge in [-0.05, 0) is 6.92 Å². The minimum Gasteiger partial charge on any atom is -0.448 e. The smallest absolute Gasteiger partial charge is 0.404 e. The zero-order valence-corrected chi connectivity index (χ0v) is 6.70. The fraction of sp³-hybridized carbons (Fsp3) is 0.500. The van der Waals surface area contributed by atoms with Crippen LogP contribution < -0.4 is 0 Å². The SMILES string of the molecule is CC(COC(=O)Cl)=S(=O)=O. The highest BCUT2D eigenvalue weighted by molar-refractivity contribution is 7.73. The predicted molar refractivity (Wildman–Crippen MR) is 36.8 cm³/mol. The molecule has 0 saturated heterocycles. The molecule has 0 bridgehead atoms. The number of rotatable bonds is 2. The van der Waals surface area contributed by atoms with Crippen molar-refractivity contribution in [3.8, 4) is 0 Å². The van der Waals surface area contributed by atoms with Crippen LogP contribution in [0.15, 0.2) is 0 Å². The zero-order valence-electron chi connectivity index (χ0n) is 5.13.